The van der Waals surface area contributed by atoms with Gasteiger partial charge in [0, 0.05) is 5.92 Å². The van der Waals surface area contributed by atoms with Gasteiger partial charge in [0.2, 0.25) is 0 Å². The zero-order chi connectivity index (χ0) is 14.5. The van der Waals surface area contributed by atoms with Crippen molar-refractivity contribution < 1.29 is 4.74 Å². The molecule has 0 unspecified atom stereocenters. The molecule has 0 radical (unpaired) electrons. The Kier molecular flexibility index (Phi) is 4.32. The molecule has 0 N–H and O–H groups in total. The number of hydrogen-bond acceptors (Lipinski definition) is 1. The SMILES string of the molecule is C[C@H](COCc1ccc2ccccc2c1)c1ccccc1. The van der Waals surface area contributed by atoms with Gasteiger partial charge in [0.15, 0.2) is 0 Å². The minimum absolute atomic E-state index is 0.423. The monoisotopic (exact) mass is 276 g/mol. The van der Waals surface area contributed by atoms with Crippen molar-refractivity contribution in [2.45, 2.75) is 19.4 Å². The Bertz CT molecular complexity index is 703. The van der Waals surface area contributed by atoms with Crippen LogP contribution in [0.3, 0.4) is 0 Å². The summed E-state index contributed by atoms with van der Waals surface area (Å²) in [4.78, 5) is 0. The molecule has 0 aliphatic rings. The van der Waals surface area contributed by atoms with E-state index in [-0.39, 0.29) is 0 Å². The number of benzene rings is 3. The fourth-order valence-electron chi connectivity index (χ4n) is 2.56. The Morgan fingerprint density at radius 1 is 0.810 bits per heavy atom. The van der Waals surface area contributed by atoms with Crippen molar-refractivity contribution in [3.8, 4) is 0 Å². The molecule has 0 aliphatic carbocycles. The highest BCUT2D eigenvalue weighted by Crippen LogP contribution is 2.18. The van der Waals surface area contributed by atoms with E-state index >= 15 is 0 Å². The first kappa shape index (κ1) is 13.8. The van der Waals surface area contributed by atoms with E-state index in [2.05, 4.69) is 73.7 Å². The van der Waals surface area contributed by atoms with Gasteiger partial charge >= 0.3 is 0 Å². The van der Waals surface area contributed by atoms with Gasteiger partial charge in [0.25, 0.3) is 0 Å². The van der Waals surface area contributed by atoms with Gasteiger partial charge in [-0.3, -0.25) is 0 Å². The first-order valence-electron chi connectivity index (χ1n) is 7.43. The summed E-state index contributed by atoms with van der Waals surface area (Å²) in [7, 11) is 0. The molecule has 0 saturated carbocycles. The lowest BCUT2D eigenvalue weighted by molar-refractivity contribution is 0.110. The summed E-state index contributed by atoms with van der Waals surface area (Å²) >= 11 is 0. The second-order valence-corrected chi connectivity index (χ2v) is 5.51. The Morgan fingerprint density at radius 2 is 1.52 bits per heavy atom. The molecule has 0 fully saturated rings. The number of rotatable bonds is 5. The van der Waals surface area contributed by atoms with Crippen molar-refractivity contribution in [3.05, 3.63) is 83.9 Å². The van der Waals surface area contributed by atoms with Crippen LogP contribution in [0.5, 0.6) is 0 Å². The number of hydrogen-bond donors (Lipinski definition) is 0. The summed E-state index contributed by atoms with van der Waals surface area (Å²) in [5.41, 5.74) is 2.56. The normalized spacial score (nSPS) is 12.4. The van der Waals surface area contributed by atoms with Gasteiger partial charge in [-0.05, 0) is 28.0 Å². The van der Waals surface area contributed by atoms with Gasteiger partial charge in [-0.1, -0.05) is 73.7 Å². The average molecular weight is 276 g/mol. The van der Waals surface area contributed by atoms with E-state index in [4.69, 9.17) is 4.74 Å². The molecular formula is C20H20O. The fourth-order valence-corrected chi connectivity index (χ4v) is 2.56. The molecule has 0 saturated heterocycles. The molecule has 3 aromatic rings. The second-order valence-electron chi connectivity index (χ2n) is 5.51. The molecule has 1 heteroatoms. The van der Waals surface area contributed by atoms with Crippen LogP contribution in [0.1, 0.15) is 24.0 Å². The van der Waals surface area contributed by atoms with Crippen molar-refractivity contribution in [1.29, 1.82) is 0 Å². The van der Waals surface area contributed by atoms with Crippen LogP contribution in [-0.4, -0.2) is 6.61 Å². The summed E-state index contributed by atoms with van der Waals surface area (Å²) in [6, 6.07) is 25.5. The van der Waals surface area contributed by atoms with Gasteiger partial charge in [-0.25, -0.2) is 0 Å². The lowest BCUT2D eigenvalue weighted by Crippen LogP contribution is -2.04. The third kappa shape index (κ3) is 3.50. The van der Waals surface area contributed by atoms with E-state index < -0.39 is 0 Å². The Labute approximate surface area is 126 Å². The van der Waals surface area contributed by atoms with Crippen LogP contribution < -0.4 is 0 Å². The lowest BCUT2D eigenvalue weighted by atomic mass is 10.0. The molecule has 1 atom stereocenters. The molecule has 3 rings (SSSR count). The highest BCUT2D eigenvalue weighted by molar-refractivity contribution is 5.82. The number of ether oxygens (including phenoxy) is 1. The molecular weight excluding hydrogens is 256 g/mol. The summed E-state index contributed by atoms with van der Waals surface area (Å²) in [6.07, 6.45) is 0. The van der Waals surface area contributed by atoms with Gasteiger partial charge in [0.1, 0.15) is 0 Å². The second kappa shape index (κ2) is 6.55. The molecule has 0 aliphatic heterocycles. The van der Waals surface area contributed by atoms with Crippen LogP contribution >= 0.6 is 0 Å². The highest BCUT2D eigenvalue weighted by Gasteiger charge is 2.05. The van der Waals surface area contributed by atoms with E-state index in [0.29, 0.717) is 12.5 Å². The quantitative estimate of drug-likeness (QED) is 0.625. The van der Waals surface area contributed by atoms with E-state index in [9.17, 15) is 0 Å². The molecule has 1 nitrogen and oxygen atoms in total. The Balaban J connectivity index is 1.59. The number of fused-ring (bicyclic) bond motifs is 1. The molecule has 3 aromatic carbocycles. The van der Waals surface area contributed by atoms with Crippen LogP contribution in [0.2, 0.25) is 0 Å². The first-order chi connectivity index (χ1) is 10.3. The summed E-state index contributed by atoms with van der Waals surface area (Å²) in [5, 5.41) is 2.55. The van der Waals surface area contributed by atoms with Crippen LogP contribution in [-0.2, 0) is 11.3 Å². The Hall–Kier alpha value is -2.12. The van der Waals surface area contributed by atoms with E-state index in [1.54, 1.807) is 0 Å². The highest BCUT2D eigenvalue weighted by atomic mass is 16.5. The van der Waals surface area contributed by atoms with Crippen LogP contribution in [0.4, 0.5) is 0 Å². The molecule has 106 valence electrons. The van der Waals surface area contributed by atoms with Crippen LogP contribution in [0.25, 0.3) is 10.8 Å². The third-order valence-corrected chi connectivity index (χ3v) is 3.82. The van der Waals surface area contributed by atoms with Crippen LogP contribution in [0.15, 0.2) is 72.8 Å². The molecule has 0 bridgehead atoms. The Morgan fingerprint density at radius 3 is 2.33 bits per heavy atom. The van der Waals surface area contributed by atoms with E-state index in [1.807, 2.05) is 6.07 Å². The summed E-state index contributed by atoms with van der Waals surface area (Å²) in [6.45, 7) is 3.62. The molecule has 0 amide bonds. The standard InChI is InChI=1S/C20H20O/c1-16(18-7-3-2-4-8-18)14-21-15-17-11-12-19-9-5-6-10-20(19)13-17/h2-13,16H,14-15H2,1H3/t16-/m1/s1. The summed E-state index contributed by atoms with van der Waals surface area (Å²) < 4.78 is 5.88. The maximum absolute atomic E-state index is 5.88. The average Bonchev–Trinajstić information content (AvgIpc) is 2.55. The van der Waals surface area contributed by atoms with Crippen LogP contribution in [0, 0.1) is 0 Å². The largest absolute Gasteiger partial charge is 0.376 e. The minimum atomic E-state index is 0.423. The maximum atomic E-state index is 5.88. The predicted octanol–water partition coefficient (Wildman–Crippen LogP) is 5.16. The van der Waals surface area contributed by atoms with Gasteiger partial charge in [-0.15, -0.1) is 0 Å². The smallest absolute Gasteiger partial charge is 0.0717 e. The van der Waals surface area contributed by atoms with Gasteiger partial charge < -0.3 is 4.74 Å². The zero-order valence-electron chi connectivity index (χ0n) is 12.3. The van der Waals surface area contributed by atoms with Gasteiger partial charge in [-0.2, -0.15) is 0 Å². The zero-order valence-corrected chi connectivity index (χ0v) is 12.3. The van der Waals surface area contributed by atoms with Crippen molar-refractivity contribution >= 4 is 10.8 Å². The molecule has 21 heavy (non-hydrogen) atoms. The van der Waals surface area contributed by atoms with Crippen molar-refractivity contribution in [2.24, 2.45) is 0 Å². The van der Waals surface area contributed by atoms with Gasteiger partial charge in [0.05, 0.1) is 13.2 Å². The topological polar surface area (TPSA) is 9.23 Å². The van der Waals surface area contributed by atoms with E-state index in [0.717, 1.165) is 6.61 Å². The molecule has 0 spiro atoms. The minimum Gasteiger partial charge on any atom is -0.376 e. The predicted molar refractivity (Wildman–Crippen MR) is 88.5 cm³/mol. The lowest BCUT2D eigenvalue weighted by Gasteiger charge is -2.12. The summed E-state index contributed by atoms with van der Waals surface area (Å²) in [5.74, 6) is 0.423. The molecule has 0 heterocycles. The van der Waals surface area contributed by atoms with Crippen molar-refractivity contribution in [1.82, 2.24) is 0 Å². The molecule has 0 aromatic heterocycles. The maximum Gasteiger partial charge on any atom is 0.0717 e. The first-order valence-corrected chi connectivity index (χ1v) is 7.43. The fraction of sp³-hybridized carbons (Fsp3) is 0.200. The third-order valence-electron chi connectivity index (χ3n) is 3.82. The van der Waals surface area contributed by atoms with E-state index in [1.165, 1.54) is 21.9 Å². The van der Waals surface area contributed by atoms with Crippen molar-refractivity contribution in [3.63, 3.8) is 0 Å². The van der Waals surface area contributed by atoms with Crippen molar-refractivity contribution in [2.75, 3.05) is 6.61 Å².